The van der Waals surface area contributed by atoms with Gasteiger partial charge in [0.1, 0.15) is 11.9 Å². The topological polar surface area (TPSA) is 67.4 Å². The minimum Gasteiger partial charge on any atom is -0.490 e. The lowest BCUT2D eigenvalue weighted by Gasteiger charge is -2.32. The molecule has 1 aliphatic carbocycles. The number of aryl methyl sites for hydroxylation is 1. The van der Waals surface area contributed by atoms with Crippen molar-refractivity contribution in [2.24, 2.45) is 5.92 Å². The first-order valence-electron chi connectivity index (χ1n) is 13.3. The zero-order valence-electron chi connectivity index (χ0n) is 22.0. The van der Waals surface area contributed by atoms with Gasteiger partial charge in [0.25, 0.3) is 5.91 Å². The summed E-state index contributed by atoms with van der Waals surface area (Å²) in [6, 6.07) is 9.92. The van der Waals surface area contributed by atoms with Crippen molar-refractivity contribution in [2.45, 2.75) is 77.0 Å². The molecule has 2 heterocycles. The van der Waals surface area contributed by atoms with Crippen molar-refractivity contribution in [3.05, 3.63) is 41.7 Å². The smallest absolute Gasteiger partial charge is 0.271 e. The largest absolute Gasteiger partial charge is 0.490 e. The quantitative estimate of drug-likeness (QED) is 0.408. The average molecular weight is 556 g/mol. The van der Waals surface area contributed by atoms with Gasteiger partial charge in [-0.15, -0.1) is 29.9 Å². The number of amides is 1. The van der Waals surface area contributed by atoms with Gasteiger partial charge < -0.3 is 15.0 Å². The molecule has 37 heavy (non-hydrogen) atoms. The van der Waals surface area contributed by atoms with Crippen molar-refractivity contribution in [2.75, 3.05) is 26.7 Å². The van der Waals surface area contributed by atoms with E-state index < -0.39 is 6.17 Å². The van der Waals surface area contributed by atoms with Gasteiger partial charge in [-0.2, -0.15) is 5.10 Å². The van der Waals surface area contributed by atoms with Gasteiger partial charge in [-0.05, 0) is 82.3 Å². The van der Waals surface area contributed by atoms with E-state index in [2.05, 4.69) is 22.4 Å². The molecular formula is C28H41Cl2FN4O2. The average Bonchev–Trinajstić information content (AvgIpc) is 2.88. The standard InChI is InChI=1S/C28H39FN4O2.2ClH/c1-3-4-10-26-24(20-11-13-23(14-12-20)35-22-8-6-5-7-9-22)17-27(32-31-26)28(34)30-18-21-15-16-33(2)19-25(21)29;;/h11-14,17,21-22,25H,3-10,15-16,18-19H2,1-2H3,(H,30,34);2*1H/t21-,25-;;/m1../s1. The number of nitrogens with zero attached hydrogens (tertiary/aromatic N) is 3. The van der Waals surface area contributed by atoms with Gasteiger partial charge in [-0.25, -0.2) is 4.39 Å². The Hall–Kier alpha value is -1.96. The maximum absolute atomic E-state index is 14.4. The minimum atomic E-state index is -0.929. The lowest BCUT2D eigenvalue weighted by atomic mass is 9.95. The third-order valence-corrected chi connectivity index (χ3v) is 7.29. The number of rotatable bonds is 9. The van der Waals surface area contributed by atoms with E-state index in [9.17, 15) is 9.18 Å². The van der Waals surface area contributed by atoms with Gasteiger partial charge in [-0.1, -0.05) is 31.9 Å². The molecule has 0 unspecified atom stereocenters. The van der Waals surface area contributed by atoms with Gasteiger partial charge in [0.15, 0.2) is 5.69 Å². The van der Waals surface area contributed by atoms with Crippen LogP contribution in [0.1, 0.15) is 74.5 Å². The molecule has 1 aromatic carbocycles. The van der Waals surface area contributed by atoms with Crippen LogP contribution in [0.15, 0.2) is 30.3 Å². The van der Waals surface area contributed by atoms with Crippen molar-refractivity contribution in [1.29, 1.82) is 0 Å². The van der Waals surface area contributed by atoms with Crippen LogP contribution >= 0.6 is 24.8 Å². The molecule has 1 amide bonds. The molecule has 0 bridgehead atoms. The van der Waals surface area contributed by atoms with Crippen LogP contribution in [0.25, 0.3) is 11.1 Å². The molecule has 1 aromatic heterocycles. The molecule has 2 aromatic rings. The molecule has 9 heteroatoms. The van der Waals surface area contributed by atoms with Crippen molar-refractivity contribution >= 4 is 30.7 Å². The lowest BCUT2D eigenvalue weighted by Crippen LogP contribution is -2.44. The maximum atomic E-state index is 14.4. The second-order valence-electron chi connectivity index (χ2n) is 10.1. The Morgan fingerprint density at radius 2 is 1.84 bits per heavy atom. The highest BCUT2D eigenvalue weighted by Crippen LogP contribution is 2.29. The Kier molecular flexibility index (Phi) is 13.1. The third kappa shape index (κ3) is 8.79. The molecule has 0 radical (unpaired) electrons. The normalized spacial score (nSPS) is 20.4. The number of nitrogens with one attached hydrogen (secondary N) is 1. The zero-order valence-corrected chi connectivity index (χ0v) is 23.6. The molecule has 1 saturated carbocycles. The van der Waals surface area contributed by atoms with E-state index in [0.29, 0.717) is 19.2 Å². The lowest BCUT2D eigenvalue weighted by molar-refractivity contribution is 0.0851. The van der Waals surface area contributed by atoms with Crippen molar-refractivity contribution in [3.63, 3.8) is 0 Å². The summed E-state index contributed by atoms with van der Waals surface area (Å²) in [5.41, 5.74) is 3.08. The SMILES string of the molecule is CCCCc1nnc(C(=O)NC[C@H]2CCN(C)C[C@H]2F)cc1-c1ccc(OC2CCCCC2)cc1.Cl.Cl. The van der Waals surface area contributed by atoms with Crippen LogP contribution in [0.2, 0.25) is 0 Å². The number of hydrogen-bond donors (Lipinski definition) is 1. The molecule has 2 atom stereocenters. The second-order valence-corrected chi connectivity index (χ2v) is 10.1. The summed E-state index contributed by atoms with van der Waals surface area (Å²) in [7, 11) is 1.92. The maximum Gasteiger partial charge on any atom is 0.271 e. The first-order chi connectivity index (χ1) is 17.0. The Bertz CT molecular complexity index is 973. The Morgan fingerprint density at radius 1 is 1.11 bits per heavy atom. The number of carbonyl (C=O) groups is 1. The first kappa shape index (κ1) is 31.3. The van der Waals surface area contributed by atoms with Gasteiger partial charge in [0.05, 0.1) is 11.8 Å². The number of ether oxygens (including phenoxy) is 1. The van der Waals surface area contributed by atoms with Crippen LogP contribution < -0.4 is 10.1 Å². The number of likely N-dealkylation sites (tertiary alicyclic amines) is 1. The van der Waals surface area contributed by atoms with E-state index >= 15 is 0 Å². The molecule has 0 spiro atoms. The van der Waals surface area contributed by atoms with Crippen molar-refractivity contribution < 1.29 is 13.9 Å². The van der Waals surface area contributed by atoms with Crippen LogP contribution in [-0.2, 0) is 6.42 Å². The molecule has 4 rings (SSSR count). The van der Waals surface area contributed by atoms with Crippen molar-refractivity contribution in [1.82, 2.24) is 20.4 Å². The fourth-order valence-electron chi connectivity index (χ4n) is 5.04. The monoisotopic (exact) mass is 554 g/mol. The number of alkyl halides is 1. The molecule has 2 fully saturated rings. The van der Waals surface area contributed by atoms with E-state index in [1.54, 1.807) is 0 Å². The third-order valence-electron chi connectivity index (χ3n) is 7.29. The molecule has 6 nitrogen and oxygen atoms in total. The minimum absolute atomic E-state index is 0. The number of piperidine rings is 1. The van der Waals surface area contributed by atoms with E-state index in [-0.39, 0.29) is 42.3 Å². The van der Waals surface area contributed by atoms with Gasteiger partial charge in [-0.3, -0.25) is 4.79 Å². The summed E-state index contributed by atoms with van der Waals surface area (Å²) < 4.78 is 20.5. The molecule has 206 valence electrons. The Morgan fingerprint density at radius 3 is 2.51 bits per heavy atom. The number of hydrogen-bond acceptors (Lipinski definition) is 5. The predicted octanol–water partition coefficient (Wildman–Crippen LogP) is 6.06. The van der Waals surface area contributed by atoms with Gasteiger partial charge in [0.2, 0.25) is 0 Å². The Balaban J connectivity index is 0.00000241. The molecule has 1 saturated heterocycles. The summed E-state index contributed by atoms with van der Waals surface area (Å²) >= 11 is 0. The van der Waals surface area contributed by atoms with Crippen molar-refractivity contribution in [3.8, 4) is 16.9 Å². The van der Waals surface area contributed by atoms with Crippen LogP contribution in [0, 0.1) is 5.92 Å². The highest BCUT2D eigenvalue weighted by molar-refractivity contribution is 5.93. The van der Waals surface area contributed by atoms with E-state index in [1.807, 2.05) is 42.3 Å². The predicted molar refractivity (Wildman–Crippen MR) is 151 cm³/mol. The number of carbonyl (C=O) groups excluding carboxylic acids is 1. The highest BCUT2D eigenvalue weighted by atomic mass is 35.5. The number of benzene rings is 1. The number of unbranched alkanes of at least 4 members (excludes halogenated alkanes) is 1. The summed E-state index contributed by atoms with van der Waals surface area (Å²) in [4.78, 5) is 14.9. The fraction of sp³-hybridized carbons (Fsp3) is 0.607. The van der Waals surface area contributed by atoms with Gasteiger partial charge in [0, 0.05) is 24.6 Å². The van der Waals surface area contributed by atoms with E-state index in [0.717, 1.165) is 67.6 Å². The Labute approximate surface area is 233 Å². The van der Waals surface area contributed by atoms with Gasteiger partial charge >= 0.3 is 0 Å². The molecule has 2 aliphatic rings. The molecule has 1 N–H and O–H groups in total. The zero-order chi connectivity index (χ0) is 24.6. The summed E-state index contributed by atoms with van der Waals surface area (Å²) in [6.45, 7) is 3.72. The highest BCUT2D eigenvalue weighted by Gasteiger charge is 2.28. The fourth-order valence-corrected chi connectivity index (χ4v) is 5.04. The summed E-state index contributed by atoms with van der Waals surface area (Å²) in [6.07, 6.45) is 9.00. The second kappa shape index (κ2) is 15.5. The van der Waals surface area contributed by atoms with Crippen LogP contribution in [0.4, 0.5) is 4.39 Å². The van der Waals surface area contributed by atoms with Crippen LogP contribution in [0.5, 0.6) is 5.75 Å². The number of aromatic nitrogens is 2. The molecular weight excluding hydrogens is 514 g/mol. The first-order valence-corrected chi connectivity index (χ1v) is 13.3. The van der Waals surface area contributed by atoms with E-state index in [4.69, 9.17) is 4.74 Å². The van der Waals surface area contributed by atoms with E-state index in [1.165, 1.54) is 19.3 Å². The summed E-state index contributed by atoms with van der Waals surface area (Å²) in [5.74, 6) is 0.418. The molecule has 1 aliphatic heterocycles. The number of halogens is 3. The van der Waals surface area contributed by atoms with Crippen LogP contribution in [0.3, 0.4) is 0 Å². The van der Waals surface area contributed by atoms with Crippen LogP contribution in [-0.4, -0.2) is 60.0 Å². The summed E-state index contributed by atoms with van der Waals surface area (Å²) in [5, 5.41) is 11.5.